The van der Waals surface area contributed by atoms with Crippen molar-refractivity contribution in [3.63, 3.8) is 0 Å². The van der Waals surface area contributed by atoms with Gasteiger partial charge in [-0.2, -0.15) is 11.8 Å². The number of aromatic carboxylic acids is 1. The first kappa shape index (κ1) is 14.2. The summed E-state index contributed by atoms with van der Waals surface area (Å²) in [5.74, 6) is 1.66. The fourth-order valence-corrected chi connectivity index (χ4v) is 2.06. The molecular formula is C12H15ClO3S. The second-order valence-corrected chi connectivity index (χ2v) is 5.15. The van der Waals surface area contributed by atoms with Crippen molar-refractivity contribution < 1.29 is 14.6 Å². The Morgan fingerprint density at radius 2 is 2.29 bits per heavy atom. The van der Waals surface area contributed by atoms with E-state index in [4.69, 9.17) is 21.4 Å². The zero-order valence-corrected chi connectivity index (χ0v) is 11.2. The fraction of sp³-hybridized carbons (Fsp3) is 0.417. The minimum Gasteiger partial charge on any atom is -0.494 e. The molecule has 1 N–H and O–H groups in total. The van der Waals surface area contributed by atoms with E-state index in [1.165, 1.54) is 6.07 Å². The molecule has 0 aliphatic heterocycles. The molecule has 0 saturated heterocycles. The third-order valence-electron chi connectivity index (χ3n) is 2.07. The molecule has 1 rings (SSSR count). The van der Waals surface area contributed by atoms with Gasteiger partial charge in [0.1, 0.15) is 5.75 Å². The zero-order valence-electron chi connectivity index (χ0n) is 9.61. The van der Waals surface area contributed by atoms with Crippen molar-refractivity contribution in [2.75, 3.05) is 18.1 Å². The van der Waals surface area contributed by atoms with Crippen LogP contribution >= 0.6 is 23.4 Å². The highest BCUT2D eigenvalue weighted by molar-refractivity contribution is 7.99. The highest BCUT2D eigenvalue weighted by atomic mass is 35.5. The number of carbonyl (C=O) groups is 1. The molecule has 0 radical (unpaired) electrons. The fourth-order valence-electron chi connectivity index (χ4n) is 1.25. The number of carboxylic acid groups (broad SMARTS) is 1. The van der Waals surface area contributed by atoms with E-state index in [2.05, 4.69) is 6.92 Å². The van der Waals surface area contributed by atoms with E-state index >= 15 is 0 Å². The maximum atomic E-state index is 10.8. The Kier molecular flexibility index (Phi) is 6.22. The first-order chi connectivity index (χ1) is 8.15. The van der Waals surface area contributed by atoms with Gasteiger partial charge in [-0.05, 0) is 36.1 Å². The molecule has 0 heterocycles. The third-order valence-corrected chi connectivity index (χ3v) is 3.39. The lowest BCUT2D eigenvalue weighted by atomic mass is 10.2. The summed E-state index contributed by atoms with van der Waals surface area (Å²) in [4.78, 5) is 10.8. The van der Waals surface area contributed by atoms with Crippen LogP contribution in [0.3, 0.4) is 0 Å². The van der Waals surface area contributed by atoms with E-state index in [9.17, 15) is 4.79 Å². The van der Waals surface area contributed by atoms with Crippen LogP contribution in [-0.4, -0.2) is 29.2 Å². The summed E-state index contributed by atoms with van der Waals surface area (Å²) in [5, 5.41) is 9.12. The Morgan fingerprint density at radius 3 is 2.94 bits per heavy atom. The minimum absolute atomic E-state index is 0.0760. The van der Waals surface area contributed by atoms with Crippen molar-refractivity contribution >= 4 is 29.3 Å². The van der Waals surface area contributed by atoms with Crippen LogP contribution in [0.25, 0.3) is 0 Å². The van der Waals surface area contributed by atoms with E-state index in [0.717, 1.165) is 17.9 Å². The molecule has 3 nitrogen and oxygen atoms in total. The Labute approximate surface area is 110 Å². The van der Waals surface area contributed by atoms with Crippen molar-refractivity contribution in [2.45, 2.75) is 13.3 Å². The normalized spacial score (nSPS) is 10.2. The summed E-state index contributed by atoms with van der Waals surface area (Å²) in [6, 6.07) is 4.68. The van der Waals surface area contributed by atoms with Gasteiger partial charge in [0.25, 0.3) is 0 Å². The molecule has 0 bridgehead atoms. The lowest BCUT2D eigenvalue weighted by Gasteiger charge is -2.07. The molecule has 0 atom stereocenters. The van der Waals surface area contributed by atoms with Crippen molar-refractivity contribution in [1.29, 1.82) is 0 Å². The molecule has 0 unspecified atom stereocenters. The highest BCUT2D eigenvalue weighted by Gasteiger charge is 2.09. The van der Waals surface area contributed by atoms with Crippen LogP contribution in [0.4, 0.5) is 0 Å². The van der Waals surface area contributed by atoms with E-state index in [0.29, 0.717) is 12.4 Å². The molecule has 17 heavy (non-hydrogen) atoms. The van der Waals surface area contributed by atoms with E-state index < -0.39 is 5.97 Å². The summed E-state index contributed by atoms with van der Waals surface area (Å²) in [6.07, 6.45) is 0.948. The number of thioether (sulfide) groups is 1. The number of carboxylic acids is 1. The van der Waals surface area contributed by atoms with Gasteiger partial charge in [-0.1, -0.05) is 18.5 Å². The van der Waals surface area contributed by atoms with Crippen LogP contribution in [0.5, 0.6) is 5.75 Å². The molecule has 0 aliphatic carbocycles. The van der Waals surface area contributed by atoms with Crippen molar-refractivity contribution in [3.05, 3.63) is 28.8 Å². The monoisotopic (exact) mass is 274 g/mol. The van der Waals surface area contributed by atoms with Gasteiger partial charge in [-0.3, -0.25) is 0 Å². The van der Waals surface area contributed by atoms with Crippen LogP contribution in [0.15, 0.2) is 18.2 Å². The summed E-state index contributed by atoms with van der Waals surface area (Å²) in [5.41, 5.74) is 0.0760. The topological polar surface area (TPSA) is 46.5 Å². The molecule has 5 heteroatoms. The lowest BCUT2D eigenvalue weighted by molar-refractivity contribution is 0.0696. The molecule has 0 aromatic heterocycles. The number of rotatable bonds is 7. The zero-order chi connectivity index (χ0) is 12.7. The third kappa shape index (κ3) is 4.88. The largest absolute Gasteiger partial charge is 0.494 e. The van der Waals surface area contributed by atoms with E-state index in [-0.39, 0.29) is 10.6 Å². The summed E-state index contributed by atoms with van der Waals surface area (Å²) >= 11 is 7.61. The van der Waals surface area contributed by atoms with Crippen LogP contribution < -0.4 is 4.74 Å². The van der Waals surface area contributed by atoms with Gasteiger partial charge < -0.3 is 9.84 Å². The van der Waals surface area contributed by atoms with Gasteiger partial charge in [0.2, 0.25) is 0 Å². The molecule has 1 aromatic rings. The molecule has 0 saturated carbocycles. The van der Waals surface area contributed by atoms with Crippen LogP contribution in [-0.2, 0) is 0 Å². The molecule has 0 aliphatic rings. The molecule has 0 spiro atoms. The molecular weight excluding hydrogens is 260 g/mol. The van der Waals surface area contributed by atoms with Gasteiger partial charge >= 0.3 is 5.97 Å². The second kappa shape index (κ2) is 7.45. The average Bonchev–Trinajstić information content (AvgIpc) is 2.30. The predicted molar refractivity (Wildman–Crippen MR) is 71.5 cm³/mol. The van der Waals surface area contributed by atoms with Crippen LogP contribution in [0, 0.1) is 0 Å². The van der Waals surface area contributed by atoms with E-state index in [1.54, 1.807) is 12.1 Å². The van der Waals surface area contributed by atoms with Crippen LogP contribution in [0.2, 0.25) is 5.02 Å². The minimum atomic E-state index is -1.04. The Bertz CT molecular complexity index is 382. The number of hydrogen-bond donors (Lipinski definition) is 1. The summed E-state index contributed by atoms with van der Waals surface area (Å²) in [7, 11) is 0. The van der Waals surface area contributed by atoms with E-state index in [1.807, 2.05) is 11.8 Å². The summed E-state index contributed by atoms with van der Waals surface area (Å²) in [6.45, 7) is 2.71. The number of ether oxygens (including phenoxy) is 1. The molecule has 94 valence electrons. The lowest BCUT2D eigenvalue weighted by Crippen LogP contribution is -2.02. The van der Waals surface area contributed by atoms with Gasteiger partial charge in [0.05, 0.1) is 17.2 Å². The molecule has 0 fully saturated rings. The first-order valence-corrected chi connectivity index (χ1v) is 6.91. The maximum absolute atomic E-state index is 10.8. The predicted octanol–water partition coefficient (Wildman–Crippen LogP) is 3.56. The van der Waals surface area contributed by atoms with Gasteiger partial charge in [0, 0.05) is 0 Å². The first-order valence-electron chi connectivity index (χ1n) is 5.38. The van der Waals surface area contributed by atoms with Crippen molar-refractivity contribution in [2.24, 2.45) is 0 Å². The maximum Gasteiger partial charge on any atom is 0.337 e. The number of benzene rings is 1. The van der Waals surface area contributed by atoms with Crippen molar-refractivity contribution in [3.8, 4) is 5.75 Å². The number of hydrogen-bond acceptors (Lipinski definition) is 3. The molecule has 0 amide bonds. The van der Waals surface area contributed by atoms with Gasteiger partial charge in [0.15, 0.2) is 0 Å². The standard InChI is InChI=1S/C12H15ClO3S/c1-2-17-7-3-6-16-9-4-5-11(13)10(8-9)12(14)15/h4-5,8H,2-3,6-7H2,1H3,(H,14,15). The Hall–Kier alpha value is -0.870. The van der Waals surface area contributed by atoms with Crippen molar-refractivity contribution in [1.82, 2.24) is 0 Å². The quantitative estimate of drug-likeness (QED) is 0.772. The highest BCUT2D eigenvalue weighted by Crippen LogP contribution is 2.22. The SMILES string of the molecule is CCSCCCOc1ccc(Cl)c(C(=O)O)c1. The van der Waals surface area contributed by atoms with Gasteiger partial charge in [-0.15, -0.1) is 0 Å². The Balaban J connectivity index is 2.49. The second-order valence-electron chi connectivity index (χ2n) is 3.35. The smallest absolute Gasteiger partial charge is 0.337 e. The average molecular weight is 275 g/mol. The van der Waals surface area contributed by atoms with Gasteiger partial charge in [-0.25, -0.2) is 4.79 Å². The Morgan fingerprint density at radius 1 is 1.53 bits per heavy atom. The molecule has 1 aromatic carbocycles. The summed E-state index contributed by atoms with van der Waals surface area (Å²) < 4.78 is 5.46. The van der Waals surface area contributed by atoms with Crippen LogP contribution in [0.1, 0.15) is 23.7 Å². The number of halogens is 1.